The number of halogens is 1. The molecule has 108 valence electrons. The Morgan fingerprint density at radius 1 is 1.16 bits per heavy atom. The molecule has 6 unspecified atom stereocenters. The van der Waals surface area contributed by atoms with E-state index >= 15 is 0 Å². The van der Waals surface area contributed by atoms with Crippen LogP contribution in [0.25, 0.3) is 0 Å². The van der Waals surface area contributed by atoms with E-state index in [-0.39, 0.29) is 12.4 Å². The highest BCUT2D eigenvalue weighted by Gasteiger charge is 2.67. The smallest absolute Gasteiger partial charge is 0.223 e. The first kappa shape index (κ1) is 13.7. The molecular weight excluding hydrogens is 260 g/mol. The third-order valence-corrected chi connectivity index (χ3v) is 6.19. The van der Waals surface area contributed by atoms with Gasteiger partial charge in [-0.1, -0.05) is 6.92 Å². The molecule has 4 fully saturated rings. The van der Waals surface area contributed by atoms with Crippen molar-refractivity contribution in [1.82, 2.24) is 10.6 Å². The Kier molecular flexibility index (Phi) is 3.55. The van der Waals surface area contributed by atoms with Crippen LogP contribution in [0.4, 0.5) is 0 Å². The van der Waals surface area contributed by atoms with Gasteiger partial charge in [0.15, 0.2) is 0 Å². The highest BCUT2D eigenvalue weighted by Crippen LogP contribution is 2.69. The molecule has 0 aromatic heterocycles. The summed E-state index contributed by atoms with van der Waals surface area (Å²) < 4.78 is 0. The summed E-state index contributed by atoms with van der Waals surface area (Å²) in [5, 5.41) is 6.72. The van der Waals surface area contributed by atoms with Crippen LogP contribution in [0.2, 0.25) is 0 Å². The zero-order valence-electron chi connectivity index (χ0n) is 11.6. The first-order valence-corrected chi connectivity index (χ1v) is 7.77. The Bertz CT molecular complexity index is 359. The Morgan fingerprint density at radius 3 is 2.47 bits per heavy atom. The van der Waals surface area contributed by atoms with E-state index in [1.807, 2.05) is 0 Å². The summed E-state index contributed by atoms with van der Waals surface area (Å²) in [6.45, 7) is 4.33. The van der Waals surface area contributed by atoms with Crippen LogP contribution < -0.4 is 10.6 Å². The highest BCUT2D eigenvalue weighted by molar-refractivity contribution is 5.85. The number of rotatable bonds is 2. The Balaban J connectivity index is 0.00000110. The van der Waals surface area contributed by atoms with Gasteiger partial charge in [0.2, 0.25) is 5.91 Å². The van der Waals surface area contributed by atoms with Crippen LogP contribution in [0.15, 0.2) is 0 Å². The van der Waals surface area contributed by atoms with Gasteiger partial charge >= 0.3 is 0 Å². The fourth-order valence-electron chi connectivity index (χ4n) is 5.14. The number of piperidine rings is 1. The number of fused-ring (bicyclic) bond motifs is 5. The number of nitrogens with one attached hydrogen (secondary N) is 2. The van der Waals surface area contributed by atoms with Crippen molar-refractivity contribution in [3.05, 3.63) is 0 Å². The maximum Gasteiger partial charge on any atom is 0.223 e. The molecule has 1 heterocycles. The third kappa shape index (κ3) is 2.09. The Hall–Kier alpha value is -0.280. The maximum absolute atomic E-state index is 12.4. The molecule has 4 aliphatic rings. The van der Waals surface area contributed by atoms with Crippen molar-refractivity contribution < 1.29 is 4.79 Å². The van der Waals surface area contributed by atoms with E-state index in [2.05, 4.69) is 17.6 Å². The quantitative estimate of drug-likeness (QED) is 0.812. The van der Waals surface area contributed by atoms with Gasteiger partial charge in [-0.05, 0) is 61.8 Å². The molecule has 1 saturated heterocycles. The third-order valence-electron chi connectivity index (χ3n) is 6.19. The van der Waals surface area contributed by atoms with Gasteiger partial charge < -0.3 is 10.6 Å². The van der Waals surface area contributed by atoms with Gasteiger partial charge in [0.25, 0.3) is 0 Å². The maximum atomic E-state index is 12.4. The molecule has 0 spiro atoms. The van der Waals surface area contributed by atoms with Gasteiger partial charge in [0, 0.05) is 18.5 Å². The molecule has 1 aliphatic heterocycles. The van der Waals surface area contributed by atoms with Crippen molar-refractivity contribution in [3.63, 3.8) is 0 Å². The molecule has 4 heteroatoms. The molecule has 3 nitrogen and oxygen atoms in total. The number of hydrogen-bond acceptors (Lipinski definition) is 2. The van der Waals surface area contributed by atoms with Crippen molar-refractivity contribution in [1.29, 1.82) is 0 Å². The van der Waals surface area contributed by atoms with Crippen molar-refractivity contribution in [2.24, 2.45) is 35.5 Å². The molecule has 6 atom stereocenters. The zero-order chi connectivity index (χ0) is 12.3. The Morgan fingerprint density at radius 2 is 1.84 bits per heavy atom. The van der Waals surface area contributed by atoms with E-state index in [4.69, 9.17) is 0 Å². The van der Waals surface area contributed by atoms with Gasteiger partial charge in [0.1, 0.15) is 0 Å². The fraction of sp³-hybridized carbons (Fsp3) is 0.933. The average Bonchev–Trinajstić information content (AvgIpc) is 2.82. The second-order valence-corrected chi connectivity index (χ2v) is 7.10. The van der Waals surface area contributed by atoms with Crippen LogP contribution in [0.5, 0.6) is 0 Å². The summed E-state index contributed by atoms with van der Waals surface area (Å²) in [7, 11) is 0. The largest absolute Gasteiger partial charge is 0.352 e. The lowest BCUT2D eigenvalue weighted by Gasteiger charge is -2.30. The summed E-state index contributed by atoms with van der Waals surface area (Å²) in [6, 6.07) is 0.366. The molecule has 3 aliphatic carbocycles. The van der Waals surface area contributed by atoms with E-state index in [9.17, 15) is 4.79 Å². The Labute approximate surface area is 121 Å². The lowest BCUT2D eigenvalue weighted by molar-refractivity contribution is -0.124. The van der Waals surface area contributed by atoms with E-state index in [1.165, 1.54) is 25.7 Å². The molecule has 0 aromatic carbocycles. The monoisotopic (exact) mass is 284 g/mol. The lowest BCUT2D eigenvalue weighted by Crippen LogP contribution is -2.50. The van der Waals surface area contributed by atoms with Gasteiger partial charge in [-0.2, -0.15) is 0 Å². The number of hydrogen-bond donors (Lipinski definition) is 2. The van der Waals surface area contributed by atoms with Crippen molar-refractivity contribution in [2.45, 2.75) is 38.6 Å². The summed E-state index contributed by atoms with van der Waals surface area (Å²) >= 11 is 0. The van der Waals surface area contributed by atoms with Crippen LogP contribution >= 0.6 is 12.4 Å². The van der Waals surface area contributed by atoms with E-state index in [0.29, 0.717) is 23.8 Å². The average molecular weight is 285 g/mol. The van der Waals surface area contributed by atoms with Crippen LogP contribution in [-0.4, -0.2) is 25.0 Å². The van der Waals surface area contributed by atoms with E-state index < -0.39 is 0 Å². The number of amides is 1. The van der Waals surface area contributed by atoms with Crippen molar-refractivity contribution >= 4 is 18.3 Å². The molecule has 3 saturated carbocycles. The topological polar surface area (TPSA) is 41.1 Å². The van der Waals surface area contributed by atoms with Crippen molar-refractivity contribution in [3.8, 4) is 0 Å². The minimum absolute atomic E-state index is 0. The number of carbonyl (C=O) groups is 1. The summed E-state index contributed by atoms with van der Waals surface area (Å²) in [4.78, 5) is 12.4. The summed E-state index contributed by atoms with van der Waals surface area (Å²) in [5.74, 6) is 4.75. The SMILES string of the molecule is CC1CCNCC1NC(=O)C1C2C3CCC(C3)C12.Cl. The minimum atomic E-state index is 0. The minimum Gasteiger partial charge on any atom is -0.352 e. The van der Waals surface area contributed by atoms with Crippen molar-refractivity contribution in [2.75, 3.05) is 13.1 Å². The van der Waals surface area contributed by atoms with E-state index in [1.54, 1.807) is 0 Å². The van der Waals surface area contributed by atoms with Crippen LogP contribution in [0, 0.1) is 35.5 Å². The lowest BCUT2D eigenvalue weighted by atomic mass is 9.94. The molecule has 4 rings (SSSR count). The standard InChI is InChI=1S/C15H24N2O.ClH/c1-8-4-5-16-7-11(8)17-15(18)14-12-9-2-3-10(6-9)13(12)14;/h8-14,16H,2-7H2,1H3,(H,17,18);1H. The van der Waals surface area contributed by atoms with Crippen LogP contribution in [0.3, 0.4) is 0 Å². The zero-order valence-corrected chi connectivity index (χ0v) is 12.4. The number of carbonyl (C=O) groups excluding carboxylic acids is 1. The first-order chi connectivity index (χ1) is 8.75. The van der Waals surface area contributed by atoms with Gasteiger partial charge in [-0.15, -0.1) is 12.4 Å². The first-order valence-electron chi connectivity index (χ1n) is 7.77. The molecule has 0 radical (unpaired) electrons. The highest BCUT2D eigenvalue weighted by atomic mass is 35.5. The summed E-state index contributed by atoms with van der Waals surface area (Å²) in [5.41, 5.74) is 0. The van der Waals surface area contributed by atoms with Crippen LogP contribution in [-0.2, 0) is 4.79 Å². The summed E-state index contributed by atoms with van der Waals surface area (Å²) in [6.07, 6.45) is 5.42. The van der Waals surface area contributed by atoms with Gasteiger partial charge in [-0.3, -0.25) is 4.79 Å². The molecular formula is C15H25ClN2O. The fourth-order valence-corrected chi connectivity index (χ4v) is 5.14. The molecule has 0 aromatic rings. The normalized spacial score (nSPS) is 50.3. The van der Waals surface area contributed by atoms with Gasteiger partial charge in [-0.25, -0.2) is 0 Å². The van der Waals surface area contributed by atoms with Gasteiger partial charge in [0.05, 0.1) is 0 Å². The van der Waals surface area contributed by atoms with Crippen LogP contribution in [0.1, 0.15) is 32.6 Å². The molecule has 1 amide bonds. The predicted octanol–water partition coefficient (Wildman–Crippen LogP) is 1.81. The molecule has 19 heavy (non-hydrogen) atoms. The second-order valence-electron chi connectivity index (χ2n) is 7.10. The predicted molar refractivity (Wildman–Crippen MR) is 77.1 cm³/mol. The second kappa shape index (κ2) is 4.92. The molecule has 2 bridgehead atoms. The molecule has 2 N–H and O–H groups in total. The van der Waals surface area contributed by atoms with E-state index in [0.717, 1.165) is 36.8 Å².